The minimum Gasteiger partial charge on any atom is -0.497 e. The van der Waals surface area contributed by atoms with Crippen molar-refractivity contribution in [1.82, 2.24) is 20.1 Å². The number of rotatable bonds is 8. The van der Waals surface area contributed by atoms with E-state index in [0.29, 0.717) is 22.6 Å². The Morgan fingerprint density at radius 2 is 1.70 bits per heavy atom. The molecule has 0 aliphatic heterocycles. The van der Waals surface area contributed by atoms with Crippen molar-refractivity contribution in [1.29, 1.82) is 0 Å². The van der Waals surface area contributed by atoms with Crippen molar-refractivity contribution in [2.45, 2.75) is 12.5 Å². The summed E-state index contributed by atoms with van der Waals surface area (Å²) in [4.78, 5) is 24.8. The van der Waals surface area contributed by atoms with Crippen LogP contribution in [0.1, 0.15) is 28.4 Å². The maximum Gasteiger partial charge on any atom is 0.307 e. The fraction of sp³-hybridized carbons (Fsp3) is 0.238. The van der Waals surface area contributed by atoms with Gasteiger partial charge in [-0.05, 0) is 36.4 Å². The zero-order chi connectivity index (χ0) is 21.5. The highest BCUT2D eigenvalue weighted by atomic mass is 16.5. The van der Waals surface area contributed by atoms with E-state index in [9.17, 15) is 9.59 Å². The molecule has 0 unspecified atom stereocenters. The molecule has 1 atom stereocenters. The molecule has 9 heteroatoms. The van der Waals surface area contributed by atoms with Crippen LogP contribution in [-0.2, 0) is 9.53 Å². The lowest BCUT2D eigenvalue weighted by atomic mass is 10.0. The lowest BCUT2D eigenvalue weighted by molar-refractivity contribution is -0.141. The topological polar surface area (TPSA) is 105 Å². The van der Waals surface area contributed by atoms with Crippen molar-refractivity contribution in [3.63, 3.8) is 0 Å². The Morgan fingerprint density at radius 3 is 2.30 bits per heavy atom. The monoisotopic (exact) mass is 410 g/mol. The number of amides is 1. The van der Waals surface area contributed by atoms with Crippen LogP contribution < -0.4 is 14.8 Å². The molecule has 3 rings (SSSR count). The van der Waals surface area contributed by atoms with E-state index in [2.05, 4.69) is 15.5 Å². The standard InChI is InChI=1S/C21H22N4O5/c1-28-16-8-9-17(19(10-16)29-2)18(11-20(26)30-3)24-21(27)14-4-6-15(7-5-14)25-12-22-23-13-25/h4-10,12-13,18H,11H2,1-3H3,(H,24,27)/t18-/m1/s1. The van der Waals surface area contributed by atoms with E-state index in [0.717, 1.165) is 5.69 Å². The summed E-state index contributed by atoms with van der Waals surface area (Å²) in [6, 6.07) is 11.5. The molecule has 0 radical (unpaired) electrons. The third kappa shape index (κ3) is 4.75. The second-order valence-corrected chi connectivity index (χ2v) is 6.33. The minimum absolute atomic E-state index is 0.0519. The Hall–Kier alpha value is -3.88. The Kier molecular flexibility index (Phi) is 6.63. The normalized spacial score (nSPS) is 11.4. The first kappa shape index (κ1) is 20.8. The first-order chi connectivity index (χ1) is 14.5. The molecule has 0 bridgehead atoms. The van der Waals surface area contributed by atoms with Crippen LogP contribution >= 0.6 is 0 Å². The number of nitrogens with zero attached hydrogens (tertiary/aromatic N) is 3. The van der Waals surface area contributed by atoms with E-state index in [4.69, 9.17) is 14.2 Å². The second kappa shape index (κ2) is 9.55. The fourth-order valence-electron chi connectivity index (χ4n) is 2.96. The van der Waals surface area contributed by atoms with E-state index in [1.54, 1.807) is 66.8 Å². The Balaban J connectivity index is 1.84. The highest BCUT2D eigenvalue weighted by Crippen LogP contribution is 2.31. The van der Waals surface area contributed by atoms with Gasteiger partial charge in [-0.15, -0.1) is 10.2 Å². The molecule has 0 saturated carbocycles. The maximum atomic E-state index is 12.9. The molecule has 0 aliphatic rings. The van der Waals surface area contributed by atoms with Gasteiger partial charge in [-0.1, -0.05) is 0 Å². The third-order valence-electron chi connectivity index (χ3n) is 4.57. The Morgan fingerprint density at radius 1 is 1.00 bits per heavy atom. The molecule has 30 heavy (non-hydrogen) atoms. The van der Waals surface area contributed by atoms with Gasteiger partial charge >= 0.3 is 5.97 Å². The van der Waals surface area contributed by atoms with Gasteiger partial charge in [0.15, 0.2) is 0 Å². The zero-order valence-electron chi connectivity index (χ0n) is 16.9. The number of aromatic nitrogens is 3. The van der Waals surface area contributed by atoms with Crippen LogP contribution in [0.25, 0.3) is 5.69 Å². The molecule has 0 aliphatic carbocycles. The number of hydrogen-bond donors (Lipinski definition) is 1. The summed E-state index contributed by atoms with van der Waals surface area (Å²) in [6.45, 7) is 0. The van der Waals surface area contributed by atoms with Crippen molar-refractivity contribution >= 4 is 11.9 Å². The molecule has 0 saturated heterocycles. The predicted molar refractivity (Wildman–Crippen MR) is 108 cm³/mol. The van der Waals surface area contributed by atoms with Crippen molar-refractivity contribution in [3.05, 3.63) is 66.2 Å². The summed E-state index contributed by atoms with van der Waals surface area (Å²) in [6.07, 6.45) is 3.08. The number of hydrogen-bond acceptors (Lipinski definition) is 7. The van der Waals surface area contributed by atoms with Gasteiger partial charge in [-0.25, -0.2) is 0 Å². The van der Waals surface area contributed by atoms with E-state index >= 15 is 0 Å². The second-order valence-electron chi connectivity index (χ2n) is 6.33. The molecule has 2 aromatic carbocycles. The number of esters is 1. The maximum absolute atomic E-state index is 12.9. The van der Waals surface area contributed by atoms with Gasteiger partial charge in [-0.2, -0.15) is 0 Å². The smallest absolute Gasteiger partial charge is 0.307 e. The van der Waals surface area contributed by atoms with Crippen LogP contribution in [0.5, 0.6) is 11.5 Å². The summed E-state index contributed by atoms with van der Waals surface area (Å²) in [5.41, 5.74) is 1.90. The Bertz CT molecular complexity index is 1000. The average molecular weight is 410 g/mol. The number of benzene rings is 2. The number of nitrogens with one attached hydrogen (secondary N) is 1. The molecule has 156 valence electrons. The number of methoxy groups -OCH3 is 3. The molecule has 3 aromatic rings. The summed E-state index contributed by atoms with van der Waals surface area (Å²) in [5, 5.41) is 10.4. The summed E-state index contributed by atoms with van der Waals surface area (Å²) >= 11 is 0. The fourth-order valence-corrected chi connectivity index (χ4v) is 2.96. The van der Waals surface area contributed by atoms with E-state index in [-0.39, 0.29) is 12.3 Å². The van der Waals surface area contributed by atoms with Gasteiger partial charge in [0.05, 0.1) is 33.8 Å². The Labute approximate surface area is 173 Å². The van der Waals surface area contributed by atoms with Crippen molar-refractivity contribution in [2.24, 2.45) is 0 Å². The van der Waals surface area contributed by atoms with Crippen LogP contribution in [0.4, 0.5) is 0 Å². The van der Waals surface area contributed by atoms with Crippen LogP contribution in [-0.4, -0.2) is 48.0 Å². The average Bonchev–Trinajstić information content (AvgIpc) is 3.33. The third-order valence-corrected chi connectivity index (χ3v) is 4.57. The number of ether oxygens (including phenoxy) is 3. The molecule has 0 fully saturated rings. The predicted octanol–water partition coefficient (Wildman–Crippen LogP) is 2.32. The molecule has 9 nitrogen and oxygen atoms in total. The van der Waals surface area contributed by atoms with Crippen molar-refractivity contribution < 1.29 is 23.8 Å². The van der Waals surface area contributed by atoms with Gasteiger partial charge in [0, 0.05) is 22.9 Å². The highest BCUT2D eigenvalue weighted by molar-refractivity contribution is 5.95. The number of carbonyl (C=O) groups is 2. The van der Waals surface area contributed by atoms with Gasteiger partial charge in [0.25, 0.3) is 5.91 Å². The molecule has 1 aromatic heterocycles. The van der Waals surface area contributed by atoms with Crippen LogP contribution in [0.3, 0.4) is 0 Å². The van der Waals surface area contributed by atoms with Gasteiger partial charge in [-0.3, -0.25) is 14.2 Å². The van der Waals surface area contributed by atoms with E-state index in [1.807, 2.05) is 0 Å². The lowest BCUT2D eigenvalue weighted by Gasteiger charge is -2.21. The van der Waals surface area contributed by atoms with Crippen LogP contribution in [0.15, 0.2) is 55.1 Å². The van der Waals surface area contributed by atoms with Gasteiger partial charge in [0.2, 0.25) is 0 Å². The molecular weight excluding hydrogens is 388 g/mol. The van der Waals surface area contributed by atoms with Crippen molar-refractivity contribution in [2.75, 3.05) is 21.3 Å². The SMILES string of the molecule is COC(=O)C[C@@H](NC(=O)c1ccc(-n2cnnc2)cc1)c1ccc(OC)cc1OC. The van der Waals surface area contributed by atoms with Crippen LogP contribution in [0, 0.1) is 0 Å². The lowest BCUT2D eigenvalue weighted by Crippen LogP contribution is -2.30. The van der Waals surface area contributed by atoms with Crippen LogP contribution in [0.2, 0.25) is 0 Å². The van der Waals surface area contributed by atoms with E-state index < -0.39 is 12.0 Å². The van der Waals surface area contributed by atoms with Gasteiger partial charge in [0.1, 0.15) is 24.2 Å². The summed E-state index contributed by atoms with van der Waals surface area (Å²) in [7, 11) is 4.36. The molecule has 1 amide bonds. The molecule has 1 heterocycles. The van der Waals surface area contributed by atoms with Crippen molar-refractivity contribution in [3.8, 4) is 17.2 Å². The molecular formula is C21H22N4O5. The summed E-state index contributed by atoms with van der Waals surface area (Å²) < 4.78 is 17.2. The first-order valence-electron chi connectivity index (χ1n) is 9.10. The highest BCUT2D eigenvalue weighted by Gasteiger charge is 2.23. The minimum atomic E-state index is -0.650. The first-order valence-corrected chi connectivity index (χ1v) is 9.10. The summed E-state index contributed by atoms with van der Waals surface area (Å²) in [5.74, 6) is 0.299. The number of carbonyl (C=O) groups excluding carboxylic acids is 2. The molecule has 1 N–H and O–H groups in total. The van der Waals surface area contributed by atoms with Gasteiger partial charge < -0.3 is 19.5 Å². The largest absolute Gasteiger partial charge is 0.497 e. The zero-order valence-corrected chi connectivity index (χ0v) is 16.9. The molecule has 0 spiro atoms. The van der Waals surface area contributed by atoms with E-state index in [1.165, 1.54) is 14.2 Å². The quantitative estimate of drug-likeness (QED) is 0.568.